The van der Waals surface area contributed by atoms with Gasteiger partial charge in [-0.05, 0) is 55.0 Å². The van der Waals surface area contributed by atoms with E-state index in [9.17, 15) is 9.59 Å². The van der Waals surface area contributed by atoms with Gasteiger partial charge in [-0.2, -0.15) is 5.10 Å². The molecule has 2 aromatic heterocycles. The van der Waals surface area contributed by atoms with Gasteiger partial charge < -0.3 is 15.4 Å². The van der Waals surface area contributed by atoms with Crippen molar-refractivity contribution in [2.75, 3.05) is 10.6 Å². The lowest BCUT2D eigenvalue weighted by Gasteiger charge is -2.16. The summed E-state index contributed by atoms with van der Waals surface area (Å²) < 4.78 is 7.17. The van der Waals surface area contributed by atoms with E-state index in [0.29, 0.717) is 28.3 Å². The van der Waals surface area contributed by atoms with E-state index >= 15 is 0 Å². The Hall–Kier alpha value is -4.24. The average Bonchev–Trinajstić information content (AvgIpc) is 2.86. The number of hydrogen-bond acceptors (Lipinski definition) is 7. The standard InChI is InChI=1S/C25H23ClN6O3/c1-3-22(33)29-21-14-27-25(32(24(21)34)15-17-5-7-18(26)8-6-17)28-19-9-11-20(12-10-19)35-23-13-4-16(2)30-31-23/h4-14H,3,15H2,1-2H3,(H,27,28)(H,29,33). The zero-order valence-electron chi connectivity index (χ0n) is 19.2. The number of rotatable bonds is 8. The number of anilines is 3. The molecule has 9 nitrogen and oxygen atoms in total. The maximum Gasteiger partial charge on any atom is 0.279 e. The van der Waals surface area contributed by atoms with Crippen molar-refractivity contribution >= 4 is 34.8 Å². The molecular weight excluding hydrogens is 468 g/mol. The highest BCUT2D eigenvalue weighted by atomic mass is 35.5. The summed E-state index contributed by atoms with van der Waals surface area (Å²) >= 11 is 6.00. The van der Waals surface area contributed by atoms with Crippen molar-refractivity contribution < 1.29 is 9.53 Å². The van der Waals surface area contributed by atoms with E-state index in [1.165, 1.54) is 10.8 Å². The van der Waals surface area contributed by atoms with Crippen LogP contribution in [0.1, 0.15) is 24.6 Å². The van der Waals surface area contributed by atoms with Crippen molar-refractivity contribution in [1.82, 2.24) is 19.7 Å². The third-order valence-electron chi connectivity index (χ3n) is 5.00. The van der Waals surface area contributed by atoms with E-state index in [1.54, 1.807) is 49.4 Å². The van der Waals surface area contributed by atoms with Gasteiger partial charge in [-0.3, -0.25) is 14.2 Å². The molecule has 178 valence electrons. The summed E-state index contributed by atoms with van der Waals surface area (Å²) in [5.41, 5.74) is 2.07. The number of hydrogen-bond donors (Lipinski definition) is 2. The summed E-state index contributed by atoms with van der Waals surface area (Å²) in [6.45, 7) is 3.79. The molecule has 0 aliphatic heterocycles. The predicted molar refractivity (Wildman–Crippen MR) is 135 cm³/mol. The summed E-state index contributed by atoms with van der Waals surface area (Å²) in [7, 11) is 0. The minimum absolute atomic E-state index is 0.110. The van der Waals surface area contributed by atoms with Gasteiger partial charge in [0.25, 0.3) is 5.56 Å². The minimum atomic E-state index is -0.378. The summed E-state index contributed by atoms with van der Waals surface area (Å²) in [4.78, 5) is 29.4. The Balaban J connectivity index is 1.59. The highest BCUT2D eigenvalue weighted by Gasteiger charge is 2.13. The molecule has 35 heavy (non-hydrogen) atoms. The number of carbonyl (C=O) groups excluding carboxylic acids is 1. The van der Waals surface area contributed by atoms with Gasteiger partial charge in [-0.15, -0.1) is 5.10 Å². The Kier molecular flexibility index (Phi) is 7.37. The second-order valence-electron chi connectivity index (χ2n) is 7.68. The molecule has 0 aliphatic rings. The molecule has 0 atom stereocenters. The van der Waals surface area contributed by atoms with Gasteiger partial charge in [0, 0.05) is 23.2 Å². The van der Waals surface area contributed by atoms with E-state index in [0.717, 1.165) is 11.3 Å². The number of amides is 1. The Morgan fingerprint density at radius 1 is 1.03 bits per heavy atom. The van der Waals surface area contributed by atoms with Crippen LogP contribution in [0.15, 0.2) is 71.7 Å². The highest BCUT2D eigenvalue weighted by Crippen LogP contribution is 2.23. The third-order valence-corrected chi connectivity index (χ3v) is 5.25. The number of ether oxygens (including phenoxy) is 1. The molecule has 0 aliphatic carbocycles. The Bertz CT molecular complexity index is 1370. The summed E-state index contributed by atoms with van der Waals surface area (Å²) in [6.07, 6.45) is 1.60. The van der Waals surface area contributed by atoms with Crippen LogP contribution >= 0.6 is 11.6 Å². The number of halogens is 1. The first-order chi connectivity index (χ1) is 16.9. The second kappa shape index (κ2) is 10.8. The summed E-state index contributed by atoms with van der Waals surface area (Å²) in [5.74, 6) is 1.02. The van der Waals surface area contributed by atoms with E-state index < -0.39 is 0 Å². The number of aryl methyl sites for hydroxylation is 1. The lowest BCUT2D eigenvalue weighted by molar-refractivity contribution is -0.115. The van der Waals surface area contributed by atoms with Crippen molar-refractivity contribution in [3.05, 3.63) is 93.5 Å². The van der Waals surface area contributed by atoms with Crippen LogP contribution in [0.5, 0.6) is 11.6 Å². The van der Waals surface area contributed by atoms with E-state index in [1.807, 2.05) is 25.1 Å². The van der Waals surface area contributed by atoms with Crippen LogP contribution in [0.3, 0.4) is 0 Å². The Labute approximate surface area is 206 Å². The first-order valence-electron chi connectivity index (χ1n) is 10.9. The van der Waals surface area contributed by atoms with Crippen LogP contribution in [0.4, 0.5) is 17.3 Å². The molecule has 2 N–H and O–H groups in total. The van der Waals surface area contributed by atoms with E-state index in [4.69, 9.17) is 16.3 Å². The van der Waals surface area contributed by atoms with Crippen LogP contribution < -0.4 is 20.9 Å². The van der Waals surface area contributed by atoms with Crippen molar-refractivity contribution in [2.24, 2.45) is 0 Å². The van der Waals surface area contributed by atoms with Gasteiger partial charge in [0.05, 0.1) is 18.4 Å². The normalized spacial score (nSPS) is 10.6. The van der Waals surface area contributed by atoms with Gasteiger partial charge >= 0.3 is 0 Å². The highest BCUT2D eigenvalue weighted by molar-refractivity contribution is 6.30. The van der Waals surface area contributed by atoms with Gasteiger partial charge in [0.1, 0.15) is 11.4 Å². The predicted octanol–water partition coefficient (Wildman–Crippen LogP) is 4.93. The van der Waals surface area contributed by atoms with Gasteiger partial charge in [0.15, 0.2) is 0 Å². The van der Waals surface area contributed by atoms with Gasteiger partial charge in [-0.25, -0.2) is 4.98 Å². The molecule has 0 spiro atoms. The summed E-state index contributed by atoms with van der Waals surface area (Å²) in [5, 5.41) is 14.3. The Morgan fingerprint density at radius 3 is 2.43 bits per heavy atom. The molecule has 2 heterocycles. The van der Waals surface area contributed by atoms with E-state index in [2.05, 4.69) is 25.8 Å². The van der Waals surface area contributed by atoms with E-state index in [-0.39, 0.29) is 30.1 Å². The monoisotopic (exact) mass is 490 g/mol. The molecule has 4 rings (SSSR count). The first-order valence-corrected chi connectivity index (χ1v) is 11.3. The van der Waals surface area contributed by atoms with Crippen molar-refractivity contribution in [2.45, 2.75) is 26.8 Å². The molecule has 0 fully saturated rings. The van der Waals surface area contributed by atoms with Crippen molar-refractivity contribution in [3.8, 4) is 11.6 Å². The SMILES string of the molecule is CCC(=O)Nc1cnc(Nc2ccc(Oc3ccc(C)nn3)cc2)n(Cc2ccc(Cl)cc2)c1=O. The number of carbonyl (C=O) groups is 1. The largest absolute Gasteiger partial charge is 0.438 e. The number of nitrogens with one attached hydrogen (secondary N) is 2. The molecule has 4 aromatic rings. The molecule has 1 amide bonds. The van der Waals surface area contributed by atoms with Crippen LogP contribution in [-0.4, -0.2) is 25.7 Å². The van der Waals surface area contributed by atoms with Crippen LogP contribution in [0.25, 0.3) is 0 Å². The zero-order chi connectivity index (χ0) is 24.8. The lowest BCUT2D eigenvalue weighted by Crippen LogP contribution is -2.28. The van der Waals surface area contributed by atoms with Crippen molar-refractivity contribution in [3.63, 3.8) is 0 Å². The second-order valence-corrected chi connectivity index (χ2v) is 8.12. The molecule has 0 saturated carbocycles. The molecular formula is C25H23ClN6O3. The molecule has 0 radical (unpaired) electrons. The number of benzene rings is 2. The molecule has 0 saturated heterocycles. The number of aromatic nitrogens is 4. The molecule has 2 aromatic carbocycles. The topological polar surface area (TPSA) is 111 Å². The maximum absolute atomic E-state index is 13.2. The average molecular weight is 491 g/mol. The lowest BCUT2D eigenvalue weighted by atomic mass is 10.2. The Morgan fingerprint density at radius 2 is 1.77 bits per heavy atom. The van der Waals surface area contributed by atoms with Crippen LogP contribution in [-0.2, 0) is 11.3 Å². The molecule has 0 unspecified atom stereocenters. The van der Waals surface area contributed by atoms with Crippen LogP contribution in [0, 0.1) is 6.92 Å². The fourth-order valence-electron chi connectivity index (χ4n) is 3.13. The van der Waals surface area contributed by atoms with Crippen molar-refractivity contribution in [1.29, 1.82) is 0 Å². The first kappa shape index (κ1) is 23.9. The smallest absolute Gasteiger partial charge is 0.279 e. The van der Waals surface area contributed by atoms with Crippen LogP contribution in [0.2, 0.25) is 5.02 Å². The molecule has 10 heteroatoms. The molecule has 0 bridgehead atoms. The maximum atomic E-state index is 13.2. The number of nitrogens with zero attached hydrogens (tertiary/aromatic N) is 4. The minimum Gasteiger partial charge on any atom is -0.438 e. The quantitative estimate of drug-likeness (QED) is 0.360. The summed E-state index contributed by atoms with van der Waals surface area (Å²) in [6, 6.07) is 17.8. The third kappa shape index (κ3) is 6.21. The van der Waals surface area contributed by atoms with Gasteiger partial charge in [0.2, 0.25) is 17.7 Å². The fraction of sp³-hybridized carbons (Fsp3) is 0.160. The van der Waals surface area contributed by atoms with Gasteiger partial charge in [-0.1, -0.05) is 30.7 Å². The fourth-order valence-corrected chi connectivity index (χ4v) is 3.26. The zero-order valence-corrected chi connectivity index (χ0v) is 19.9.